The molecule has 0 aliphatic rings. The van der Waals surface area contributed by atoms with E-state index in [0.717, 1.165) is 22.9 Å². The van der Waals surface area contributed by atoms with E-state index in [9.17, 15) is 4.79 Å². The molecule has 0 bridgehead atoms. The Bertz CT molecular complexity index is 485. The van der Waals surface area contributed by atoms with Crippen molar-refractivity contribution in [1.82, 2.24) is 4.57 Å². The van der Waals surface area contributed by atoms with E-state index in [1.165, 1.54) is 4.57 Å². The van der Waals surface area contributed by atoms with Gasteiger partial charge in [-0.05, 0) is 18.1 Å². The Kier molecular flexibility index (Phi) is 2.00. The summed E-state index contributed by atoms with van der Waals surface area (Å²) in [5.74, 6) is 0. The first-order valence-electron chi connectivity index (χ1n) is 4.62. The first-order chi connectivity index (χ1) is 6.74. The number of amides is 1. The van der Waals surface area contributed by atoms with Crippen LogP contribution in [0.15, 0.2) is 30.5 Å². The minimum atomic E-state index is -0.430. The Morgan fingerprint density at radius 1 is 1.43 bits per heavy atom. The van der Waals surface area contributed by atoms with Gasteiger partial charge >= 0.3 is 6.03 Å². The summed E-state index contributed by atoms with van der Waals surface area (Å²) in [6.07, 6.45) is 2.72. The van der Waals surface area contributed by atoms with Gasteiger partial charge in [0.2, 0.25) is 0 Å². The normalized spacial score (nSPS) is 10.6. The molecule has 3 heteroatoms. The SMILES string of the molecule is CCc1cn(C(N)=O)c2ccccc12. The van der Waals surface area contributed by atoms with Crippen LogP contribution in [-0.2, 0) is 6.42 Å². The molecular weight excluding hydrogens is 176 g/mol. The van der Waals surface area contributed by atoms with Crippen LogP contribution in [0.4, 0.5) is 4.79 Å². The number of nitrogens with zero attached hydrogens (tertiary/aromatic N) is 1. The average molecular weight is 188 g/mol. The lowest BCUT2D eigenvalue weighted by Crippen LogP contribution is -2.18. The smallest absolute Gasteiger partial charge is 0.323 e. The lowest BCUT2D eigenvalue weighted by atomic mass is 10.1. The van der Waals surface area contributed by atoms with Crippen LogP contribution in [-0.4, -0.2) is 10.6 Å². The Labute approximate surface area is 82.1 Å². The van der Waals surface area contributed by atoms with Gasteiger partial charge in [-0.2, -0.15) is 0 Å². The van der Waals surface area contributed by atoms with Gasteiger partial charge in [0.05, 0.1) is 5.52 Å². The minimum Gasteiger partial charge on any atom is -0.351 e. The summed E-state index contributed by atoms with van der Waals surface area (Å²) in [5.41, 5.74) is 7.31. The van der Waals surface area contributed by atoms with Crippen LogP contribution in [0, 0.1) is 0 Å². The third-order valence-corrected chi connectivity index (χ3v) is 2.41. The maximum absolute atomic E-state index is 11.1. The molecule has 72 valence electrons. The van der Waals surface area contributed by atoms with Crippen molar-refractivity contribution in [3.8, 4) is 0 Å². The second kappa shape index (κ2) is 3.18. The maximum atomic E-state index is 11.1. The van der Waals surface area contributed by atoms with Gasteiger partial charge in [0.25, 0.3) is 0 Å². The molecule has 0 atom stereocenters. The summed E-state index contributed by atoms with van der Waals surface area (Å²) in [7, 11) is 0. The van der Waals surface area contributed by atoms with Gasteiger partial charge < -0.3 is 5.73 Å². The highest BCUT2D eigenvalue weighted by Gasteiger charge is 2.08. The molecule has 1 aromatic carbocycles. The molecule has 0 aliphatic heterocycles. The third kappa shape index (κ3) is 1.18. The summed E-state index contributed by atoms with van der Waals surface area (Å²) in [6.45, 7) is 2.06. The predicted molar refractivity (Wildman–Crippen MR) is 56.3 cm³/mol. The molecule has 1 aromatic heterocycles. The summed E-state index contributed by atoms with van der Waals surface area (Å²) < 4.78 is 1.49. The van der Waals surface area contributed by atoms with Gasteiger partial charge in [0.15, 0.2) is 0 Å². The van der Waals surface area contributed by atoms with Crippen LogP contribution in [0.2, 0.25) is 0 Å². The fourth-order valence-corrected chi connectivity index (χ4v) is 1.71. The number of aryl methyl sites for hydroxylation is 1. The molecular formula is C11H12N2O. The number of aromatic nitrogens is 1. The van der Waals surface area contributed by atoms with E-state index in [0.29, 0.717) is 0 Å². The lowest BCUT2D eigenvalue weighted by molar-refractivity contribution is 0.251. The molecule has 0 saturated heterocycles. The van der Waals surface area contributed by atoms with Crippen molar-refractivity contribution in [3.05, 3.63) is 36.0 Å². The van der Waals surface area contributed by atoms with E-state index in [4.69, 9.17) is 5.73 Å². The average Bonchev–Trinajstić information content (AvgIpc) is 2.56. The quantitative estimate of drug-likeness (QED) is 0.732. The van der Waals surface area contributed by atoms with Crippen molar-refractivity contribution < 1.29 is 4.79 Å². The van der Waals surface area contributed by atoms with Crippen molar-refractivity contribution in [2.75, 3.05) is 0 Å². The van der Waals surface area contributed by atoms with E-state index >= 15 is 0 Å². The molecule has 0 spiro atoms. The van der Waals surface area contributed by atoms with E-state index in [-0.39, 0.29) is 0 Å². The topological polar surface area (TPSA) is 48.0 Å². The van der Waals surface area contributed by atoms with E-state index in [2.05, 4.69) is 6.92 Å². The number of primary amides is 1. The molecule has 2 aromatic rings. The first kappa shape index (κ1) is 8.81. The van der Waals surface area contributed by atoms with E-state index < -0.39 is 6.03 Å². The molecule has 1 amide bonds. The highest BCUT2D eigenvalue weighted by atomic mass is 16.2. The number of nitrogens with two attached hydrogens (primary N) is 1. The molecule has 0 fully saturated rings. The van der Waals surface area contributed by atoms with Crippen LogP contribution in [0.25, 0.3) is 10.9 Å². The van der Waals surface area contributed by atoms with Crippen molar-refractivity contribution in [3.63, 3.8) is 0 Å². The minimum absolute atomic E-state index is 0.430. The summed E-state index contributed by atoms with van der Waals surface area (Å²) in [4.78, 5) is 11.1. The number of carbonyl (C=O) groups is 1. The molecule has 0 aliphatic carbocycles. The van der Waals surface area contributed by atoms with Gasteiger partial charge in [0.1, 0.15) is 0 Å². The fourth-order valence-electron chi connectivity index (χ4n) is 1.71. The number of carbonyl (C=O) groups excluding carboxylic acids is 1. The molecule has 0 radical (unpaired) electrons. The highest BCUT2D eigenvalue weighted by Crippen LogP contribution is 2.20. The number of benzene rings is 1. The van der Waals surface area contributed by atoms with Crippen LogP contribution in [0.1, 0.15) is 12.5 Å². The lowest BCUT2D eigenvalue weighted by Gasteiger charge is -1.96. The van der Waals surface area contributed by atoms with E-state index in [1.807, 2.05) is 30.5 Å². The zero-order chi connectivity index (χ0) is 10.1. The molecule has 3 nitrogen and oxygen atoms in total. The second-order valence-corrected chi connectivity index (χ2v) is 3.23. The molecule has 2 N–H and O–H groups in total. The van der Waals surface area contributed by atoms with Gasteiger partial charge in [-0.1, -0.05) is 25.1 Å². The zero-order valence-corrected chi connectivity index (χ0v) is 8.03. The van der Waals surface area contributed by atoms with Crippen LogP contribution in [0.3, 0.4) is 0 Å². The van der Waals surface area contributed by atoms with Gasteiger partial charge in [0, 0.05) is 11.6 Å². The highest BCUT2D eigenvalue weighted by molar-refractivity contribution is 5.93. The molecule has 0 unspecified atom stereocenters. The summed E-state index contributed by atoms with van der Waals surface area (Å²) in [6, 6.07) is 7.35. The van der Waals surface area contributed by atoms with Crippen molar-refractivity contribution in [2.45, 2.75) is 13.3 Å². The van der Waals surface area contributed by atoms with Crippen molar-refractivity contribution in [1.29, 1.82) is 0 Å². The van der Waals surface area contributed by atoms with Crippen molar-refractivity contribution >= 4 is 16.9 Å². The molecule has 14 heavy (non-hydrogen) atoms. The third-order valence-electron chi connectivity index (χ3n) is 2.41. The number of hydrogen-bond acceptors (Lipinski definition) is 1. The number of fused-ring (bicyclic) bond motifs is 1. The van der Waals surface area contributed by atoms with Crippen molar-refractivity contribution in [2.24, 2.45) is 5.73 Å². The molecule has 2 rings (SSSR count). The fraction of sp³-hybridized carbons (Fsp3) is 0.182. The van der Waals surface area contributed by atoms with Crippen LogP contribution < -0.4 is 5.73 Å². The standard InChI is InChI=1S/C11H12N2O/c1-2-8-7-13(11(12)14)10-6-4-3-5-9(8)10/h3-7H,2H2,1H3,(H2,12,14). The summed E-state index contributed by atoms with van der Waals surface area (Å²) in [5, 5.41) is 1.11. The van der Waals surface area contributed by atoms with Gasteiger partial charge in [-0.25, -0.2) is 4.79 Å². The van der Waals surface area contributed by atoms with Gasteiger partial charge in [-0.3, -0.25) is 4.57 Å². The summed E-state index contributed by atoms with van der Waals surface area (Å²) >= 11 is 0. The van der Waals surface area contributed by atoms with E-state index in [1.54, 1.807) is 0 Å². The van der Waals surface area contributed by atoms with Crippen LogP contribution >= 0.6 is 0 Å². The Morgan fingerprint density at radius 2 is 2.14 bits per heavy atom. The first-order valence-corrected chi connectivity index (χ1v) is 4.62. The molecule has 1 heterocycles. The largest absolute Gasteiger partial charge is 0.351 e. The number of rotatable bonds is 1. The number of hydrogen-bond donors (Lipinski definition) is 1. The van der Waals surface area contributed by atoms with Crippen LogP contribution in [0.5, 0.6) is 0 Å². The second-order valence-electron chi connectivity index (χ2n) is 3.23. The maximum Gasteiger partial charge on any atom is 0.323 e. The zero-order valence-electron chi connectivity index (χ0n) is 8.03. The number of para-hydroxylation sites is 1. The van der Waals surface area contributed by atoms with Gasteiger partial charge in [-0.15, -0.1) is 0 Å². The molecule has 0 saturated carbocycles. The monoisotopic (exact) mass is 188 g/mol. The Balaban J connectivity index is 2.80. The Morgan fingerprint density at radius 3 is 2.79 bits per heavy atom. The Hall–Kier alpha value is -1.77. The predicted octanol–water partition coefficient (Wildman–Crippen LogP) is 2.13.